The summed E-state index contributed by atoms with van der Waals surface area (Å²) in [6.45, 7) is 3.19. The third-order valence-corrected chi connectivity index (χ3v) is 3.62. The lowest BCUT2D eigenvalue weighted by molar-refractivity contribution is 0.327. The fourth-order valence-corrected chi connectivity index (χ4v) is 2.53. The lowest BCUT2D eigenvalue weighted by atomic mass is 9.91. The van der Waals surface area contributed by atoms with E-state index in [0.717, 1.165) is 30.5 Å². The Morgan fingerprint density at radius 1 is 1.35 bits per heavy atom. The molecule has 1 aromatic carbocycles. The fourth-order valence-electron chi connectivity index (χ4n) is 2.53. The molecule has 1 aliphatic rings. The Labute approximate surface area is 99.4 Å². The van der Waals surface area contributed by atoms with Crippen LogP contribution in [0.15, 0.2) is 18.3 Å². The maximum Gasteiger partial charge on any atom is 0.138 e. The third-order valence-electron chi connectivity index (χ3n) is 3.62. The second-order valence-corrected chi connectivity index (χ2v) is 4.94. The first-order valence-electron chi connectivity index (χ1n) is 6.10. The van der Waals surface area contributed by atoms with Crippen LogP contribution < -0.4 is 5.32 Å². The van der Waals surface area contributed by atoms with E-state index in [1.807, 2.05) is 12.1 Å². The van der Waals surface area contributed by atoms with E-state index in [4.69, 9.17) is 0 Å². The first kappa shape index (κ1) is 10.7. The monoisotopic (exact) mass is 233 g/mol. The SMILES string of the molecule is CC1CCC(c2ccc3[nH]ncc3c2F)NC1. The van der Waals surface area contributed by atoms with Crippen molar-refractivity contribution in [2.45, 2.75) is 25.8 Å². The Hall–Kier alpha value is -1.42. The minimum Gasteiger partial charge on any atom is -0.310 e. The highest BCUT2D eigenvalue weighted by molar-refractivity contribution is 5.79. The van der Waals surface area contributed by atoms with Crippen LogP contribution >= 0.6 is 0 Å². The van der Waals surface area contributed by atoms with Crippen LogP contribution in [0.2, 0.25) is 0 Å². The molecule has 0 amide bonds. The van der Waals surface area contributed by atoms with Gasteiger partial charge in [0.2, 0.25) is 0 Å². The molecule has 17 heavy (non-hydrogen) atoms. The molecule has 0 aliphatic carbocycles. The summed E-state index contributed by atoms with van der Waals surface area (Å²) in [7, 11) is 0. The Balaban J connectivity index is 1.97. The molecule has 2 unspecified atom stereocenters. The molecule has 1 saturated heterocycles. The number of nitrogens with zero attached hydrogens (tertiary/aromatic N) is 1. The standard InChI is InChI=1S/C13H16FN3/c1-8-2-4-11(15-6-8)9-3-5-12-10(13(9)14)7-16-17-12/h3,5,7-8,11,15H,2,4,6H2,1H3,(H,16,17). The van der Waals surface area contributed by atoms with Crippen LogP contribution in [0.3, 0.4) is 0 Å². The second kappa shape index (κ2) is 4.11. The topological polar surface area (TPSA) is 40.7 Å². The first-order valence-corrected chi connectivity index (χ1v) is 6.10. The fraction of sp³-hybridized carbons (Fsp3) is 0.462. The Bertz CT molecular complexity index is 526. The van der Waals surface area contributed by atoms with Crippen LogP contribution in [0.1, 0.15) is 31.4 Å². The van der Waals surface area contributed by atoms with Crippen molar-refractivity contribution in [3.63, 3.8) is 0 Å². The van der Waals surface area contributed by atoms with Crippen LogP contribution in [0.4, 0.5) is 4.39 Å². The average molecular weight is 233 g/mol. The maximum absolute atomic E-state index is 14.3. The van der Waals surface area contributed by atoms with Gasteiger partial charge in [0.25, 0.3) is 0 Å². The Kier molecular flexibility index (Phi) is 2.59. The van der Waals surface area contributed by atoms with E-state index in [2.05, 4.69) is 22.4 Å². The molecular formula is C13H16FN3. The molecule has 4 heteroatoms. The molecule has 2 atom stereocenters. The van der Waals surface area contributed by atoms with Crippen molar-refractivity contribution in [3.8, 4) is 0 Å². The van der Waals surface area contributed by atoms with Crippen molar-refractivity contribution < 1.29 is 4.39 Å². The highest BCUT2D eigenvalue weighted by atomic mass is 19.1. The number of hydrogen-bond donors (Lipinski definition) is 2. The Morgan fingerprint density at radius 2 is 2.24 bits per heavy atom. The Morgan fingerprint density at radius 3 is 3.00 bits per heavy atom. The number of benzene rings is 1. The third kappa shape index (κ3) is 1.82. The molecule has 0 spiro atoms. The molecule has 2 N–H and O–H groups in total. The summed E-state index contributed by atoms with van der Waals surface area (Å²) in [4.78, 5) is 0. The predicted octanol–water partition coefficient (Wildman–Crippen LogP) is 2.76. The number of piperidine rings is 1. The summed E-state index contributed by atoms with van der Waals surface area (Å²) in [5.41, 5.74) is 1.53. The van der Waals surface area contributed by atoms with Crippen molar-refractivity contribution in [3.05, 3.63) is 29.7 Å². The molecule has 2 heterocycles. The first-order chi connectivity index (χ1) is 8.25. The second-order valence-electron chi connectivity index (χ2n) is 4.94. The van der Waals surface area contributed by atoms with E-state index in [1.54, 1.807) is 6.20 Å². The van der Waals surface area contributed by atoms with Crippen LogP contribution in [0.5, 0.6) is 0 Å². The summed E-state index contributed by atoms with van der Waals surface area (Å²) in [6, 6.07) is 3.91. The maximum atomic E-state index is 14.3. The molecule has 0 bridgehead atoms. The average Bonchev–Trinajstić information content (AvgIpc) is 2.80. The number of aromatic amines is 1. The number of halogens is 1. The number of rotatable bonds is 1. The number of aromatic nitrogens is 2. The summed E-state index contributed by atoms with van der Waals surface area (Å²) in [5.74, 6) is 0.551. The highest BCUT2D eigenvalue weighted by Gasteiger charge is 2.22. The lowest BCUT2D eigenvalue weighted by Gasteiger charge is -2.28. The van der Waals surface area contributed by atoms with Gasteiger partial charge >= 0.3 is 0 Å². The van der Waals surface area contributed by atoms with Crippen LogP contribution in [-0.4, -0.2) is 16.7 Å². The van der Waals surface area contributed by atoms with Crippen molar-refractivity contribution in [1.29, 1.82) is 0 Å². The minimum absolute atomic E-state index is 0.136. The van der Waals surface area contributed by atoms with Crippen LogP contribution in [-0.2, 0) is 0 Å². The molecule has 3 nitrogen and oxygen atoms in total. The van der Waals surface area contributed by atoms with Crippen molar-refractivity contribution in [2.24, 2.45) is 5.92 Å². The van der Waals surface area contributed by atoms with E-state index in [1.165, 1.54) is 0 Å². The van der Waals surface area contributed by atoms with Gasteiger partial charge in [-0.1, -0.05) is 13.0 Å². The number of nitrogens with one attached hydrogen (secondary N) is 2. The van der Waals surface area contributed by atoms with Gasteiger partial charge in [-0.2, -0.15) is 5.10 Å². The largest absolute Gasteiger partial charge is 0.310 e. The van der Waals surface area contributed by atoms with Crippen LogP contribution in [0, 0.1) is 11.7 Å². The quantitative estimate of drug-likeness (QED) is 0.795. The summed E-state index contributed by atoms with van der Waals surface area (Å²) in [5, 5.41) is 10.7. The molecule has 1 aliphatic heterocycles. The van der Waals surface area contributed by atoms with Crippen molar-refractivity contribution in [2.75, 3.05) is 6.54 Å². The van der Waals surface area contributed by atoms with Gasteiger partial charge in [0.05, 0.1) is 17.1 Å². The van der Waals surface area contributed by atoms with Gasteiger partial charge < -0.3 is 5.32 Å². The zero-order valence-corrected chi connectivity index (χ0v) is 9.83. The highest BCUT2D eigenvalue weighted by Crippen LogP contribution is 2.30. The normalized spacial score (nSPS) is 25.3. The molecule has 2 aromatic rings. The van der Waals surface area contributed by atoms with E-state index in [-0.39, 0.29) is 11.9 Å². The van der Waals surface area contributed by atoms with Gasteiger partial charge in [0, 0.05) is 11.6 Å². The minimum atomic E-state index is -0.136. The number of fused-ring (bicyclic) bond motifs is 1. The van der Waals surface area contributed by atoms with Gasteiger partial charge in [-0.05, 0) is 31.4 Å². The molecule has 0 saturated carbocycles. The van der Waals surface area contributed by atoms with E-state index >= 15 is 0 Å². The van der Waals surface area contributed by atoms with E-state index in [9.17, 15) is 4.39 Å². The van der Waals surface area contributed by atoms with Gasteiger partial charge in [0.15, 0.2) is 0 Å². The summed E-state index contributed by atoms with van der Waals surface area (Å²) >= 11 is 0. The molecule has 0 radical (unpaired) electrons. The number of H-pyrrole nitrogens is 1. The molecular weight excluding hydrogens is 217 g/mol. The van der Waals surface area contributed by atoms with Crippen molar-refractivity contribution in [1.82, 2.24) is 15.5 Å². The van der Waals surface area contributed by atoms with Gasteiger partial charge in [-0.3, -0.25) is 5.10 Å². The van der Waals surface area contributed by atoms with Gasteiger partial charge in [-0.25, -0.2) is 4.39 Å². The van der Waals surface area contributed by atoms with Crippen LogP contribution in [0.25, 0.3) is 10.9 Å². The zero-order chi connectivity index (χ0) is 11.8. The summed E-state index contributed by atoms with van der Waals surface area (Å²) in [6.07, 6.45) is 3.71. The van der Waals surface area contributed by atoms with Gasteiger partial charge in [0.1, 0.15) is 5.82 Å². The molecule has 1 aromatic heterocycles. The smallest absolute Gasteiger partial charge is 0.138 e. The number of hydrogen-bond acceptors (Lipinski definition) is 2. The molecule has 1 fully saturated rings. The molecule has 90 valence electrons. The van der Waals surface area contributed by atoms with Gasteiger partial charge in [-0.15, -0.1) is 0 Å². The summed E-state index contributed by atoms with van der Waals surface area (Å²) < 4.78 is 14.3. The predicted molar refractivity (Wildman–Crippen MR) is 65.2 cm³/mol. The van der Waals surface area contributed by atoms with E-state index in [0.29, 0.717) is 11.3 Å². The van der Waals surface area contributed by atoms with Crippen molar-refractivity contribution >= 4 is 10.9 Å². The zero-order valence-electron chi connectivity index (χ0n) is 9.83. The van der Waals surface area contributed by atoms with E-state index < -0.39 is 0 Å². The lowest BCUT2D eigenvalue weighted by Crippen LogP contribution is -2.32. The molecule has 3 rings (SSSR count).